The van der Waals surface area contributed by atoms with Crippen LogP contribution in [0, 0.1) is 11.3 Å². The molecule has 1 saturated heterocycles. The summed E-state index contributed by atoms with van der Waals surface area (Å²) in [5.41, 5.74) is -0.0687. The van der Waals surface area contributed by atoms with Crippen molar-refractivity contribution in [1.82, 2.24) is 19.6 Å². The van der Waals surface area contributed by atoms with Crippen molar-refractivity contribution in [3.05, 3.63) is 82.9 Å². The van der Waals surface area contributed by atoms with Crippen LogP contribution in [0.1, 0.15) is 35.1 Å². The second-order valence-electron chi connectivity index (χ2n) is 12.9. The van der Waals surface area contributed by atoms with Gasteiger partial charge < -0.3 is 28.9 Å². The number of fused-ring (bicyclic) bond motifs is 1. The first-order valence-corrected chi connectivity index (χ1v) is 17.7. The predicted octanol–water partition coefficient (Wildman–Crippen LogP) is 3.67. The minimum absolute atomic E-state index is 0.0879. The van der Waals surface area contributed by atoms with Crippen molar-refractivity contribution in [3.8, 4) is 17.6 Å². The summed E-state index contributed by atoms with van der Waals surface area (Å²) in [4.78, 5) is 35.7. The average molecular weight is 705 g/mol. The zero-order valence-electron chi connectivity index (χ0n) is 29.5. The van der Waals surface area contributed by atoms with Gasteiger partial charge in [-0.1, -0.05) is 6.07 Å². The monoisotopic (exact) mass is 704 g/mol. The van der Waals surface area contributed by atoms with Crippen LogP contribution in [-0.2, 0) is 31.6 Å². The van der Waals surface area contributed by atoms with Crippen molar-refractivity contribution < 1.29 is 32.2 Å². The van der Waals surface area contributed by atoms with E-state index in [1.54, 1.807) is 31.1 Å². The summed E-state index contributed by atoms with van der Waals surface area (Å²) in [5, 5.41) is 10.1. The molecular weight excluding hydrogens is 660 g/mol. The first kappa shape index (κ1) is 36.6. The molecule has 0 bridgehead atoms. The SMILES string of the molecule is COc1ccc(S(=O)(=O)N2C(=O)C(c3cc(CN(C)CCN(C)C)ccc3OC)(N3CCC[C@@H]3OC(=O)N(C)C)c3cc(C#N)ccc32)cc1. The second-order valence-corrected chi connectivity index (χ2v) is 14.7. The molecule has 14 heteroatoms. The average Bonchev–Trinajstić information content (AvgIpc) is 3.66. The molecule has 2 aliphatic heterocycles. The number of benzene rings is 3. The fourth-order valence-corrected chi connectivity index (χ4v) is 8.05. The largest absolute Gasteiger partial charge is 0.497 e. The predicted molar refractivity (Wildman–Crippen MR) is 187 cm³/mol. The van der Waals surface area contributed by atoms with Crippen LogP contribution >= 0.6 is 0 Å². The Kier molecular flexibility index (Phi) is 10.7. The zero-order valence-corrected chi connectivity index (χ0v) is 30.4. The molecule has 0 aromatic heterocycles. The quantitative estimate of drug-likeness (QED) is 0.273. The molecule has 0 radical (unpaired) electrons. The Morgan fingerprint density at radius 2 is 1.68 bits per heavy atom. The lowest BCUT2D eigenvalue weighted by Gasteiger charge is -2.41. The molecule has 0 N–H and O–H groups in total. The minimum Gasteiger partial charge on any atom is -0.497 e. The second kappa shape index (κ2) is 14.7. The van der Waals surface area contributed by atoms with Crippen LogP contribution in [0.2, 0.25) is 0 Å². The van der Waals surface area contributed by atoms with E-state index < -0.39 is 33.8 Å². The van der Waals surface area contributed by atoms with E-state index in [2.05, 4.69) is 15.9 Å². The molecule has 5 rings (SSSR count). The van der Waals surface area contributed by atoms with Crippen molar-refractivity contribution in [1.29, 1.82) is 5.26 Å². The maximum Gasteiger partial charge on any atom is 0.410 e. The summed E-state index contributed by atoms with van der Waals surface area (Å²) in [6.07, 6.45) is -0.581. The van der Waals surface area contributed by atoms with Crippen molar-refractivity contribution in [2.75, 3.05) is 73.4 Å². The molecule has 1 unspecified atom stereocenters. The normalized spacial score (nSPS) is 19.1. The third kappa shape index (κ3) is 6.61. The number of carbonyl (C=O) groups is 2. The molecule has 2 heterocycles. The minimum atomic E-state index is -4.52. The van der Waals surface area contributed by atoms with Crippen molar-refractivity contribution in [3.63, 3.8) is 0 Å². The lowest BCUT2D eigenvalue weighted by molar-refractivity contribution is -0.132. The van der Waals surface area contributed by atoms with Gasteiger partial charge in [0.25, 0.3) is 15.9 Å². The van der Waals surface area contributed by atoms with Gasteiger partial charge in [-0.25, -0.2) is 22.4 Å². The van der Waals surface area contributed by atoms with E-state index in [-0.39, 0.29) is 28.3 Å². The molecule has 13 nitrogen and oxygen atoms in total. The van der Waals surface area contributed by atoms with Gasteiger partial charge in [-0.05, 0) is 94.1 Å². The fourth-order valence-electron chi connectivity index (χ4n) is 6.59. The molecule has 0 saturated carbocycles. The highest BCUT2D eigenvalue weighted by Crippen LogP contribution is 2.54. The zero-order chi connectivity index (χ0) is 36.4. The highest BCUT2D eigenvalue weighted by atomic mass is 32.2. The van der Waals surface area contributed by atoms with E-state index in [1.807, 2.05) is 33.3 Å². The van der Waals surface area contributed by atoms with Gasteiger partial charge >= 0.3 is 6.09 Å². The van der Waals surface area contributed by atoms with Crippen LogP contribution in [0.25, 0.3) is 0 Å². The molecule has 3 aromatic carbocycles. The van der Waals surface area contributed by atoms with Crippen LogP contribution in [0.5, 0.6) is 11.5 Å². The number of nitrogens with zero attached hydrogens (tertiary/aromatic N) is 6. The molecule has 2 atom stereocenters. The Morgan fingerprint density at radius 1 is 0.960 bits per heavy atom. The van der Waals surface area contributed by atoms with E-state index in [9.17, 15) is 18.5 Å². The summed E-state index contributed by atoms with van der Waals surface area (Å²) in [7, 11) is 7.57. The molecule has 266 valence electrons. The third-order valence-electron chi connectivity index (χ3n) is 9.09. The molecule has 0 spiro atoms. The van der Waals surface area contributed by atoms with Crippen LogP contribution in [-0.4, -0.2) is 115 Å². The number of amides is 2. The molecule has 0 aliphatic carbocycles. The number of sulfonamides is 1. The van der Waals surface area contributed by atoms with Gasteiger partial charge in [0.05, 0.1) is 36.4 Å². The van der Waals surface area contributed by atoms with Crippen LogP contribution < -0.4 is 13.8 Å². The number of carbonyl (C=O) groups excluding carboxylic acids is 2. The summed E-state index contributed by atoms with van der Waals surface area (Å²) in [6.45, 7) is 2.40. The summed E-state index contributed by atoms with van der Waals surface area (Å²) in [6, 6.07) is 18.0. The van der Waals surface area contributed by atoms with Gasteiger partial charge in [-0.3, -0.25) is 4.79 Å². The molecule has 50 heavy (non-hydrogen) atoms. The van der Waals surface area contributed by atoms with Gasteiger partial charge in [-0.15, -0.1) is 0 Å². The lowest BCUT2D eigenvalue weighted by Crippen LogP contribution is -2.57. The van der Waals surface area contributed by atoms with E-state index >= 15 is 4.79 Å². The third-order valence-corrected chi connectivity index (χ3v) is 10.8. The Bertz CT molecular complexity index is 1890. The maximum absolute atomic E-state index is 15.5. The number of likely N-dealkylation sites (N-methyl/N-ethyl adjacent to an activating group) is 2. The molecule has 3 aromatic rings. The first-order chi connectivity index (χ1) is 23.8. The van der Waals surface area contributed by atoms with E-state index in [1.165, 1.54) is 55.5 Å². The highest BCUT2D eigenvalue weighted by Gasteiger charge is 2.63. The lowest BCUT2D eigenvalue weighted by atomic mass is 9.80. The smallest absolute Gasteiger partial charge is 0.410 e. The van der Waals surface area contributed by atoms with Crippen molar-refractivity contribution >= 4 is 27.7 Å². The number of nitriles is 1. The van der Waals surface area contributed by atoms with Crippen molar-refractivity contribution in [2.24, 2.45) is 0 Å². The van der Waals surface area contributed by atoms with E-state index in [0.717, 1.165) is 23.0 Å². The molecule has 1 fully saturated rings. The number of hydrogen-bond acceptors (Lipinski definition) is 11. The van der Waals surface area contributed by atoms with Gasteiger partial charge in [0, 0.05) is 51.4 Å². The Balaban J connectivity index is 1.80. The summed E-state index contributed by atoms with van der Waals surface area (Å²) < 4.78 is 47.1. The van der Waals surface area contributed by atoms with Crippen LogP contribution in [0.3, 0.4) is 0 Å². The van der Waals surface area contributed by atoms with Crippen LogP contribution in [0.15, 0.2) is 65.6 Å². The number of ether oxygens (including phenoxy) is 3. The maximum atomic E-state index is 15.5. The van der Waals surface area contributed by atoms with Gasteiger partial charge in [0.2, 0.25) is 0 Å². The number of likely N-dealkylation sites (tertiary alicyclic amines) is 1. The Hall–Kier alpha value is -4.68. The Labute approximate surface area is 294 Å². The Morgan fingerprint density at radius 3 is 2.30 bits per heavy atom. The number of methoxy groups -OCH3 is 2. The van der Waals surface area contributed by atoms with Crippen LogP contribution in [0.4, 0.5) is 10.5 Å². The van der Waals surface area contributed by atoms with Gasteiger partial charge in [0.15, 0.2) is 11.8 Å². The summed E-state index contributed by atoms with van der Waals surface area (Å²) in [5.74, 6) is -0.0212. The molecular formula is C36H44N6O7S. The molecule has 2 aliphatic rings. The van der Waals surface area contributed by atoms with Gasteiger partial charge in [-0.2, -0.15) is 5.26 Å². The summed E-state index contributed by atoms with van der Waals surface area (Å²) >= 11 is 0. The fraction of sp³-hybridized carbons (Fsp3) is 0.417. The first-order valence-electron chi connectivity index (χ1n) is 16.2. The number of rotatable bonds is 12. The van der Waals surface area contributed by atoms with E-state index in [0.29, 0.717) is 36.4 Å². The standard InChI is InChI=1S/C36H44N6O7S/c1-38(2)19-20-40(5)24-26-11-17-32(48-7)30(22-26)36(41-18-8-9-33(41)49-35(44)39(3)4)29-21-25(23-37)10-16-31(29)42(34(36)43)50(45,46)28-14-12-27(47-6)13-15-28/h10-17,21-22,33H,8-9,18-20,24H2,1-7H3/t33-,36?/m0/s1. The number of anilines is 1. The topological polar surface area (TPSA) is 136 Å². The van der Waals surface area contributed by atoms with Crippen molar-refractivity contribution in [2.45, 2.75) is 36.0 Å². The van der Waals surface area contributed by atoms with Gasteiger partial charge in [0.1, 0.15) is 11.5 Å². The number of hydrogen-bond donors (Lipinski definition) is 0. The molecule has 2 amide bonds. The van der Waals surface area contributed by atoms with E-state index in [4.69, 9.17) is 14.2 Å². The highest BCUT2D eigenvalue weighted by molar-refractivity contribution is 7.93.